The summed E-state index contributed by atoms with van der Waals surface area (Å²) in [5.41, 5.74) is 4.80. The van der Waals surface area contributed by atoms with Crippen LogP contribution in [0.3, 0.4) is 0 Å². The molecule has 1 unspecified atom stereocenters. The van der Waals surface area contributed by atoms with Gasteiger partial charge in [-0.2, -0.15) is 0 Å². The number of hydrogen-bond donors (Lipinski definition) is 2. The second-order valence-electron chi connectivity index (χ2n) is 4.13. The second kappa shape index (κ2) is 6.52. The number of pyridine rings is 1. The van der Waals surface area contributed by atoms with Gasteiger partial charge in [0.25, 0.3) is 0 Å². The van der Waals surface area contributed by atoms with Crippen molar-refractivity contribution in [1.82, 2.24) is 10.4 Å². The lowest BCUT2D eigenvalue weighted by atomic mass is 9.99. The van der Waals surface area contributed by atoms with Gasteiger partial charge in [0.15, 0.2) is 0 Å². The summed E-state index contributed by atoms with van der Waals surface area (Å²) in [5, 5.41) is 0.637. The Hall–Kier alpha value is -1.62. The maximum absolute atomic E-state index is 6.12. The molecular formula is C14H16ClN3O. The molecule has 0 aliphatic carbocycles. The smallest absolute Gasteiger partial charge is 0.123 e. The van der Waals surface area contributed by atoms with E-state index in [4.69, 9.17) is 22.2 Å². The fourth-order valence-corrected chi connectivity index (χ4v) is 2.20. The summed E-state index contributed by atoms with van der Waals surface area (Å²) in [6, 6.07) is 9.59. The molecule has 5 heteroatoms. The Bertz CT molecular complexity index is 548. The van der Waals surface area contributed by atoms with E-state index in [-0.39, 0.29) is 6.04 Å². The van der Waals surface area contributed by atoms with Crippen LogP contribution in [0.1, 0.15) is 17.2 Å². The van der Waals surface area contributed by atoms with Crippen LogP contribution in [0.4, 0.5) is 0 Å². The van der Waals surface area contributed by atoms with Crippen LogP contribution in [0.25, 0.3) is 0 Å². The second-order valence-corrected chi connectivity index (χ2v) is 4.54. The summed E-state index contributed by atoms with van der Waals surface area (Å²) in [4.78, 5) is 3.98. The minimum absolute atomic E-state index is 0.0731. The molecule has 2 rings (SSSR count). The van der Waals surface area contributed by atoms with Crippen molar-refractivity contribution in [2.45, 2.75) is 12.5 Å². The van der Waals surface area contributed by atoms with Gasteiger partial charge < -0.3 is 4.74 Å². The molecule has 0 bridgehead atoms. The first-order chi connectivity index (χ1) is 9.26. The average Bonchev–Trinajstić information content (AvgIpc) is 2.46. The molecule has 1 aromatic heterocycles. The van der Waals surface area contributed by atoms with Crippen molar-refractivity contribution in [3.8, 4) is 5.75 Å². The number of nitrogens with two attached hydrogens (primary N) is 1. The molecule has 4 nitrogen and oxygen atoms in total. The molecule has 19 heavy (non-hydrogen) atoms. The lowest BCUT2D eigenvalue weighted by molar-refractivity contribution is 0.399. The number of ether oxygens (including phenoxy) is 1. The van der Waals surface area contributed by atoms with E-state index in [1.807, 2.05) is 30.3 Å². The Morgan fingerprint density at radius 2 is 2.16 bits per heavy atom. The lowest BCUT2D eigenvalue weighted by Gasteiger charge is -2.19. The first-order valence-corrected chi connectivity index (χ1v) is 6.31. The SMILES string of the molecule is COc1ccccc1C(Cc1ccncc1Cl)NN. The van der Waals surface area contributed by atoms with Crippen molar-refractivity contribution in [3.63, 3.8) is 0 Å². The Balaban J connectivity index is 2.28. The molecule has 0 saturated carbocycles. The molecule has 0 saturated heterocycles. The number of para-hydroxylation sites is 1. The van der Waals surface area contributed by atoms with E-state index in [1.54, 1.807) is 19.5 Å². The third-order valence-corrected chi connectivity index (χ3v) is 3.34. The van der Waals surface area contributed by atoms with Crippen molar-refractivity contribution >= 4 is 11.6 Å². The third-order valence-electron chi connectivity index (χ3n) is 3.00. The predicted molar refractivity (Wildman–Crippen MR) is 76.0 cm³/mol. The molecule has 0 spiro atoms. The number of benzene rings is 1. The van der Waals surface area contributed by atoms with Crippen LogP contribution < -0.4 is 16.0 Å². The molecule has 0 amide bonds. The highest BCUT2D eigenvalue weighted by molar-refractivity contribution is 6.31. The summed E-state index contributed by atoms with van der Waals surface area (Å²) in [6.45, 7) is 0. The molecule has 0 radical (unpaired) electrons. The van der Waals surface area contributed by atoms with Crippen LogP contribution in [-0.4, -0.2) is 12.1 Å². The Labute approximate surface area is 117 Å². The molecule has 1 heterocycles. The standard InChI is InChI=1S/C14H16ClN3O/c1-19-14-5-3-2-4-11(14)13(18-16)8-10-6-7-17-9-12(10)15/h2-7,9,13,18H,8,16H2,1H3. The number of nitrogens with one attached hydrogen (secondary N) is 1. The number of nitrogens with zero attached hydrogens (tertiary/aromatic N) is 1. The van der Waals surface area contributed by atoms with Crippen LogP contribution in [0.5, 0.6) is 5.75 Å². The maximum Gasteiger partial charge on any atom is 0.123 e. The number of aromatic nitrogens is 1. The Morgan fingerprint density at radius 1 is 1.37 bits per heavy atom. The molecule has 1 atom stereocenters. The zero-order valence-electron chi connectivity index (χ0n) is 10.6. The van der Waals surface area contributed by atoms with Crippen LogP contribution in [0, 0.1) is 0 Å². The Morgan fingerprint density at radius 3 is 2.84 bits per heavy atom. The minimum Gasteiger partial charge on any atom is -0.496 e. The first kappa shape index (κ1) is 13.8. The van der Waals surface area contributed by atoms with Gasteiger partial charge in [-0.1, -0.05) is 29.8 Å². The molecule has 100 valence electrons. The van der Waals surface area contributed by atoms with Crippen LogP contribution in [-0.2, 0) is 6.42 Å². The zero-order valence-corrected chi connectivity index (χ0v) is 11.4. The van der Waals surface area contributed by atoms with E-state index in [1.165, 1.54) is 0 Å². The van der Waals surface area contributed by atoms with E-state index in [2.05, 4.69) is 10.4 Å². The topological polar surface area (TPSA) is 60.2 Å². The highest BCUT2D eigenvalue weighted by atomic mass is 35.5. The summed E-state index contributed by atoms with van der Waals surface area (Å²) < 4.78 is 5.36. The molecule has 2 aromatic rings. The van der Waals surface area contributed by atoms with E-state index >= 15 is 0 Å². The number of halogens is 1. The van der Waals surface area contributed by atoms with Gasteiger partial charge in [-0.15, -0.1) is 0 Å². The number of methoxy groups -OCH3 is 1. The number of hydrazine groups is 1. The van der Waals surface area contributed by atoms with E-state index < -0.39 is 0 Å². The summed E-state index contributed by atoms with van der Waals surface area (Å²) in [7, 11) is 1.64. The Kier molecular flexibility index (Phi) is 4.74. The molecule has 0 aliphatic heterocycles. The van der Waals surface area contributed by atoms with Gasteiger partial charge in [-0.25, -0.2) is 0 Å². The quantitative estimate of drug-likeness (QED) is 0.651. The van der Waals surface area contributed by atoms with Crippen LogP contribution in [0.2, 0.25) is 5.02 Å². The highest BCUT2D eigenvalue weighted by Gasteiger charge is 2.16. The molecule has 1 aromatic carbocycles. The van der Waals surface area contributed by atoms with Gasteiger partial charge in [-0.3, -0.25) is 16.3 Å². The van der Waals surface area contributed by atoms with Crippen molar-refractivity contribution in [2.75, 3.05) is 7.11 Å². The fraction of sp³-hybridized carbons (Fsp3) is 0.214. The highest BCUT2D eigenvalue weighted by Crippen LogP contribution is 2.28. The zero-order chi connectivity index (χ0) is 13.7. The van der Waals surface area contributed by atoms with E-state index in [0.717, 1.165) is 16.9 Å². The van der Waals surface area contributed by atoms with Gasteiger partial charge >= 0.3 is 0 Å². The molecule has 0 fully saturated rings. The van der Waals surface area contributed by atoms with Gasteiger partial charge in [0.2, 0.25) is 0 Å². The maximum atomic E-state index is 6.12. The monoisotopic (exact) mass is 277 g/mol. The minimum atomic E-state index is -0.0731. The van der Waals surface area contributed by atoms with Crippen LogP contribution in [0.15, 0.2) is 42.7 Å². The largest absolute Gasteiger partial charge is 0.496 e. The molecule has 0 aliphatic rings. The van der Waals surface area contributed by atoms with Crippen molar-refractivity contribution < 1.29 is 4.74 Å². The third kappa shape index (κ3) is 3.23. The van der Waals surface area contributed by atoms with E-state index in [0.29, 0.717) is 11.4 Å². The average molecular weight is 278 g/mol. The van der Waals surface area contributed by atoms with Gasteiger partial charge in [-0.05, 0) is 24.1 Å². The van der Waals surface area contributed by atoms with E-state index in [9.17, 15) is 0 Å². The summed E-state index contributed by atoms with van der Waals surface area (Å²) in [6.07, 6.45) is 4.02. The predicted octanol–water partition coefficient (Wildman–Crippen LogP) is 2.49. The summed E-state index contributed by atoms with van der Waals surface area (Å²) >= 11 is 6.12. The fourth-order valence-electron chi connectivity index (χ4n) is 2.00. The summed E-state index contributed by atoms with van der Waals surface area (Å²) in [5.74, 6) is 6.46. The van der Waals surface area contributed by atoms with Crippen molar-refractivity contribution in [2.24, 2.45) is 5.84 Å². The van der Waals surface area contributed by atoms with Gasteiger partial charge in [0.05, 0.1) is 18.2 Å². The molecular weight excluding hydrogens is 262 g/mol. The van der Waals surface area contributed by atoms with Crippen LogP contribution >= 0.6 is 11.6 Å². The number of hydrogen-bond acceptors (Lipinski definition) is 4. The van der Waals surface area contributed by atoms with Crippen molar-refractivity contribution in [1.29, 1.82) is 0 Å². The van der Waals surface area contributed by atoms with Gasteiger partial charge in [0, 0.05) is 18.0 Å². The van der Waals surface area contributed by atoms with Crippen molar-refractivity contribution in [3.05, 3.63) is 58.9 Å². The van der Waals surface area contributed by atoms with Gasteiger partial charge in [0.1, 0.15) is 5.75 Å². The first-order valence-electron chi connectivity index (χ1n) is 5.93. The normalized spacial score (nSPS) is 12.2. The number of rotatable bonds is 5. The molecule has 3 N–H and O–H groups in total. The lowest BCUT2D eigenvalue weighted by Crippen LogP contribution is -2.30.